The van der Waals surface area contributed by atoms with Crippen LogP contribution in [0.15, 0.2) is 47.9 Å². The molecule has 1 aromatic carbocycles. The molecule has 0 bridgehead atoms. The van der Waals surface area contributed by atoms with Crippen LogP contribution < -0.4 is 0 Å². The van der Waals surface area contributed by atoms with Crippen molar-refractivity contribution in [1.82, 2.24) is 4.31 Å². The third kappa shape index (κ3) is 3.13. The molecule has 1 aliphatic rings. The minimum Gasteiger partial charge on any atom is -0.207 e. The van der Waals surface area contributed by atoms with Gasteiger partial charge in [-0.15, -0.1) is 6.58 Å². The molecule has 1 heterocycles. The van der Waals surface area contributed by atoms with Crippen LogP contribution in [0.5, 0.6) is 0 Å². The molecule has 0 saturated carbocycles. The normalized spacial score (nSPS) is 23.9. The summed E-state index contributed by atoms with van der Waals surface area (Å²) in [5.41, 5.74) is 0. The molecule has 0 aromatic heterocycles. The maximum atomic E-state index is 12.6. The SMILES string of the molecule is C=CC1CN(S(=O)(=O)c2ccccc2)CC1CCCC. The lowest BCUT2D eigenvalue weighted by Crippen LogP contribution is -2.29. The van der Waals surface area contributed by atoms with E-state index in [1.807, 2.05) is 12.1 Å². The summed E-state index contributed by atoms with van der Waals surface area (Å²) in [4.78, 5) is 0.388. The number of nitrogens with zero attached hydrogens (tertiary/aromatic N) is 1. The van der Waals surface area contributed by atoms with Gasteiger partial charge in [0.05, 0.1) is 4.90 Å². The van der Waals surface area contributed by atoms with E-state index < -0.39 is 10.0 Å². The van der Waals surface area contributed by atoms with Crippen molar-refractivity contribution in [2.75, 3.05) is 13.1 Å². The fourth-order valence-electron chi connectivity index (χ4n) is 2.83. The van der Waals surface area contributed by atoms with E-state index in [-0.39, 0.29) is 5.92 Å². The van der Waals surface area contributed by atoms with E-state index in [0.717, 1.165) is 19.3 Å². The average Bonchev–Trinajstić information content (AvgIpc) is 2.90. The Labute approximate surface area is 122 Å². The summed E-state index contributed by atoms with van der Waals surface area (Å²) >= 11 is 0. The zero-order valence-electron chi connectivity index (χ0n) is 12.0. The maximum Gasteiger partial charge on any atom is 0.243 e. The third-order valence-electron chi connectivity index (χ3n) is 4.07. The smallest absolute Gasteiger partial charge is 0.207 e. The van der Waals surface area contributed by atoms with Crippen LogP contribution in [0.2, 0.25) is 0 Å². The van der Waals surface area contributed by atoms with Crippen LogP contribution in [0.1, 0.15) is 26.2 Å². The standard InChI is InChI=1S/C16H23NO2S/c1-3-5-9-15-13-17(12-14(15)4-2)20(18,19)16-10-7-6-8-11-16/h4,6-8,10-11,14-15H,2-3,5,9,12-13H2,1H3. The quantitative estimate of drug-likeness (QED) is 0.755. The van der Waals surface area contributed by atoms with Gasteiger partial charge in [-0.2, -0.15) is 4.31 Å². The van der Waals surface area contributed by atoms with Crippen LogP contribution in [-0.2, 0) is 10.0 Å². The summed E-state index contributed by atoms with van der Waals surface area (Å²) in [5, 5.41) is 0. The van der Waals surface area contributed by atoms with E-state index in [4.69, 9.17) is 0 Å². The lowest BCUT2D eigenvalue weighted by molar-refractivity contribution is 0.425. The summed E-state index contributed by atoms with van der Waals surface area (Å²) in [6, 6.07) is 8.69. The number of hydrogen-bond donors (Lipinski definition) is 0. The first kappa shape index (κ1) is 15.3. The van der Waals surface area contributed by atoms with E-state index in [1.165, 1.54) is 0 Å². The van der Waals surface area contributed by atoms with Gasteiger partial charge in [0.1, 0.15) is 0 Å². The highest BCUT2D eigenvalue weighted by molar-refractivity contribution is 7.89. The Morgan fingerprint density at radius 3 is 2.60 bits per heavy atom. The molecule has 2 unspecified atom stereocenters. The van der Waals surface area contributed by atoms with Crippen LogP contribution >= 0.6 is 0 Å². The molecule has 110 valence electrons. The van der Waals surface area contributed by atoms with Gasteiger partial charge in [-0.1, -0.05) is 44.0 Å². The van der Waals surface area contributed by atoms with E-state index in [9.17, 15) is 8.42 Å². The second kappa shape index (κ2) is 6.55. The highest BCUT2D eigenvalue weighted by Crippen LogP contribution is 2.32. The van der Waals surface area contributed by atoms with Gasteiger partial charge in [0.15, 0.2) is 0 Å². The third-order valence-corrected chi connectivity index (χ3v) is 5.92. The molecule has 0 spiro atoms. The molecule has 0 N–H and O–H groups in total. The summed E-state index contributed by atoms with van der Waals surface area (Å²) in [5.74, 6) is 0.686. The minimum atomic E-state index is -3.35. The molecule has 20 heavy (non-hydrogen) atoms. The minimum absolute atomic E-state index is 0.278. The van der Waals surface area contributed by atoms with E-state index in [0.29, 0.717) is 23.9 Å². The lowest BCUT2D eigenvalue weighted by atomic mass is 9.91. The second-order valence-corrected chi connectivity index (χ2v) is 7.37. The van der Waals surface area contributed by atoms with Gasteiger partial charge in [-0.25, -0.2) is 8.42 Å². The average molecular weight is 293 g/mol. The van der Waals surface area contributed by atoms with Gasteiger partial charge in [0, 0.05) is 13.1 Å². The molecule has 0 aliphatic carbocycles. The van der Waals surface area contributed by atoms with Crippen LogP contribution in [0.25, 0.3) is 0 Å². The fourth-order valence-corrected chi connectivity index (χ4v) is 4.39. The van der Waals surface area contributed by atoms with Crippen LogP contribution in [-0.4, -0.2) is 25.8 Å². The fraction of sp³-hybridized carbons (Fsp3) is 0.500. The monoisotopic (exact) mass is 293 g/mol. The Bertz CT molecular complexity index is 539. The predicted octanol–water partition coefficient (Wildman–Crippen LogP) is 3.30. The summed E-state index contributed by atoms with van der Waals surface area (Å²) < 4.78 is 26.8. The zero-order chi connectivity index (χ0) is 14.6. The van der Waals surface area contributed by atoms with Gasteiger partial charge >= 0.3 is 0 Å². The van der Waals surface area contributed by atoms with Gasteiger partial charge < -0.3 is 0 Å². The van der Waals surface area contributed by atoms with Crippen molar-refractivity contribution in [1.29, 1.82) is 0 Å². The van der Waals surface area contributed by atoms with Gasteiger partial charge in [-0.3, -0.25) is 0 Å². The number of benzene rings is 1. The number of sulfonamides is 1. The predicted molar refractivity (Wildman–Crippen MR) is 81.9 cm³/mol. The Morgan fingerprint density at radius 1 is 1.30 bits per heavy atom. The Kier molecular flexibility index (Phi) is 5.00. The largest absolute Gasteiger partial charge is 0.243 e. The summed E-state index contributed by atoms with van der Waals surface area (Å²) in [6.45, 7) is 7.22. The first-order valence-corrected chi connectivity index (χ1v) is 8.71. The number of hydrogen-bond acceptors (Lipinski definition) is 2. The van der Waals surface area contributed by atoms with E-state index >= 15 is 0 Å². The van der Waals surface area contributed by atoms with Crippen LogP contribution in [0.4, 0.5) is 0 Å². The van der Waals surface area contributed by atoms with Crippen molar-refractivity contribution in [3.05, 3.63) is 43.0 Å². The number of unbranched alkanes of at least 4 members (excludes halogenated alkanes) is 1. The molecular weight excluding hydrogens is 270 g/mol. The van der Waals surface area contributed by atoms with E-state index in [1.54, 1.807) is 28.6 Å². The first-order chi connectivity index (χ1) is 9.59. The molecule has 4 heteroatoms. The molecule has 2 atom stereocenters. The van der Waals surface area contributed by atoms with Crippen molar-refractivity contribution in [2.24, 2.45) is 11.8 Å². The molecule has 1 aliphatic heterocycles. The molecule has 1 saturated heterocycles. The molecule has 0 amide bonds. The van der Waals surface area contributed by atoms with Crippen molar-refractivity contribution in [3.8, 4) is 0 Å². The van der Waals surface area contributed by atoms with Crippen molar-refractivity contribution in [2.45, 2.75) is 31.1 Å². The molecule has 0 radical (unpaired) electrons. The lowest BCUT2D eigenvalue weighted by Gasteiger charge is -2.16. The number of rotatable bonds is 6. The highest BCUT2D eigenvalue weighted by Gasteiger charge is 2.37. The van der Waals surface area contributed by atoms with Crippen LogP contribution in [0, 0.1) is 11.8 Å². The van der Waals surface area contributed by atoms with E-state index in [2.05, 4.69) is 13.5 Å². The molecular formula is C16H23NO2S. The summed E-state index contributed by atoms with van der Waals surface area (Å²) in [6.07, 6.45) is 5.29. The Hall–Kier alpha value is -1.13. The van der Waals surface area contributed by atoms with Crippen molar-refractivity contribution in [3.63, 3.8) is 0 Å². The second-order valence-electron chi connectivity index (χ2n) is 5.44. The Morgan fingerprint density at radius 2 is 2.00 bits per heavy atom. The maximum absolute atomic E-state index is 12.6. The molecule has 2 rings (SSSR count). The molecule has 1 fully saturated rings. The topological polar surface area (TPSA) is 37.4 Å². The highest BCUT2D eigenvalue weighted by atomic mass is 32.2. The van der Waals surface area contributed by atoms with Gasteiger partial charge in [0.2, 0.25) is 10.0 Å². The summed E-state index contributed by atoms with van der Waals surface area (Å²) in [7, 11) is -3.35. The molecule has 1 aromatic rings. The molecule has 3 nitrogen and oxygen atoms in total. The van der Waals surface area contributed by atoms with Crippen molar-refractivity contribution < 1.29 is 8.42 Å². The van der Waals surface area contributed by atoms with Crippen LogP contribution in [0.3, 0.4) is 0 Å². The Balaban J connectivity index is 2.16. The van der Waals surface area contributed by atoms with Gasteiger partial charge in [0.25, 0.3) is 0 Å². The van der Waals surface area contributed by atoms with Crippen molar-refractivity contribution >= 4 is 10.0 Å². The first-order valence-electron chi connectivity index (χ1n) is 7.27. The van der Waals surface area contributed by atoms with Gasteiger partial charge in [-0.05, 0) is 30.4 Å². The zero-order valence-corrected chi connectivity index (χ0v) is 12.8.